The van der Waals surface area contributed by atoms with E-state index in [1.54, 1.807) is 17.2 Å². The number of hydrogen-bond acceptors (Lipinski definition) is 8. The maximum Gasteiger partial charge on any atom is 0.322 e. The van der Waals surface area contributed by atoms with Crippen LogP contribution < -0.4 is 20.5 Å². The second-order valence-corrected chi connectivity index (χ2v) is 13.6. The summed E-state index contributed by atoms with van der Waals surface area (Å²) in [5.74, 6) is -2.20. The smallest absolute Gasteiger partial charge is 0.322 e. The first kappa shape index (κ1) is 38.4. The molecule has 48 heavy (non-hydrogen) atoms. The molecule has 0 saturated carbocycles. The molecule has 4 rings (SSSR count). The molecule has 0 spiro atoms. The molecule has 0 aliphatic carbocycles. The summed E-state index contributed by atoms with van der Waals surface area (Å²) in [7, 11) is -1.97. The van der Waals surface area contributed by atoms with Gasteiger partial charge in [-0.25, -0.2) is 27.0 Å². The molecule has 1 aliphatic rings. The molecule has 1 fully saturated rings. The number of nitrogens with two attached hydrogens (primary N) is 1. The Kier molecular flexibility index (Phi) is 13.9. The van der Waals surface area contributed by atoms with Crippen LogP contribution >= 0.6 is 12.4 Å². The third kappa shape index (κ3) is 10.2. The normalized spacial score (nSPS) is 13.8. The van der Waals surface area contributed by atoms with E-state index in [2.05, 4.69) is 22.1 Å². The number of sulfone groups is 1. The molecular weight excluding hydrogens is 668 g/mol. The van der Waals surface area contributed by atoms with Gasteiger partial charge in [-0.2, -0.15) is 0 Å². The highest BCUT2D eigenvalue weighted by Gasteiger charge is 2.29. The van der Waals surface area contributed by atoms with E-state index in [9.17, 15) is 26.8 Å². The van der Waals surface area contributed by atoms with Crippen LogP contribution in [0.25, 0.3) is 0 Å². The monoisotopic (exact) mass is 709 g/mol. The van der Waals surface area contributed by atoms with Gasteiger partial charge in [-0.1, -0.05) is 32.3 Å². The Morgan fingerprint density at radius 2 is 1.77 bits per heavy atom. The van der Waals surface area contributed by atoms with Crippen molar-refractivity contribution in [2.45, 2.75) is 62.9 Å². The first-order valence-electron chi connectivity index (χ1n) is 15.5. The molecule has 0 bridgehead atoms. The summed E-state index contributed by atoms with van der Waals surface area (Å²) in [5.41, 5.74) is 5.37. The predicted molar refractivity (Wildman–Crippen MR) is 181 cm³/mol. The van der Waals surface area contributed by atoms with Gasteiger partial charge in [0, 0.05) is 62.9 Å². The van der Waals surface area contributed by atoms with Crippen LogP contribution in [-0.4, -0.2) is 74.2 Å². The number of likely N-dealkylation sites (tertiary alicyclic amines) is 1. The van der Waals surface area contributed by atoms with E-state index in [0.717, 1.165) is 43.6 Å². The second-order valence-electron chi connectivity index (χ2n) is 11.6. The van der Waals surface area contributed by atoms with Gasteiger partial charge in [0.25, 0.3) is 5.91 Å². The third-order valence-electron chi connectivity index (χ3n) is 8.06. The zero-order valence-electron chi connectivity index (χ0n) is 27.2. The van der Waals surface area contributed by atoms with Crippen LogP contribution in [-0.2, 0) is 16.4 Å². The van der Waals surface area contributed by atoms with Crippen molar-refractivity contribution >= 4 is 39.9 Å². The minimum Gasteiger partial charge on any atom is -0.493 e. The number of hydrogen-bond donors (Lipinski definition) is 2. The Hall–Kier alpha value is -4.01. The van der Waals surface area contributed by atoms with Crippen LogP contribution in [0.2, 0.25) is 0 Å². The molecule has 1 saturated heterocycles. The summed E-state index contributed by atoms with van der Waals surface area (Å²) in [6.45, 7) is 4.63. The number of halogens is 3. The topological polar surface area (TPSA) is 144 Å². The molecule has 2 aromatic carbocycles. The van der Waals surface area contributed by atoms with Gasteiger partial charge in [0.1, 0.15) is 11.6 Å². The number of urea groups is 1. The molecule has 11 nitrogen and oxygen atoms in total. The van der Waals surface area contributed by atoms with Crippen LogP contribution in [0.15, 0.2) is 53.6 Å². The standard InChI is InChI=1S/C33H41F2N5O6S.ClH/c1-4-5-6-7-14-40(33(42)38-28-18-25(32(36)41)26(34)19-27(28)35)23-12-15-39(16-13-23)21-22-8-11-31(37-20-22)46-29-10-9-24(47(3,43)44)17-30(29)45-2;/h8-11,17-20,23H,4-7,12-16,21H2,1-3H3,(H2,36,41)(H,38,42);1H. The number of nitrogens with one attached hydrogen (secondary N) is 1. The van der Waals surface area contributed by atoms with Crippen molar-refractivity contribution in [2.75, 3.05) is 38.3 Å². The third-order valence-corrected chi connectivity index (χ3v) is 9.17. The van der Waals surface area contributed by atoms with Crippen LogP contribution in [0.4, 0.5) is 19.3 Å². The Labute approximate surface area is 286 Å². The molecule has 0 unspecified atom stereocenters. The van der Waals surface area contributed by atoms with Crippen molar-refractivity contribution in [3.05, 3.63) is 71.4 Å². The zero-order valence-corrected chi connectivity index (χ0v) is 28.8. The van der Waals surface area contributed by atoms with Gasteiger partial charge in [0.15, 0.2) is 21.3 Å². The maximum absolute atomic E-state index is 14.5. The van der Waals surface area contributed by atoms with Crippen LogP contribution in [0, 0.1) is 11.6 Å². The number of amides is 3. The first-order valence-corrected chi connectivity index (χ1v) is 17.4. The fourth-order valence-electron chi connectivity index (χ4n) is 5.47. The van der Waals surface area contributed by atoms with Gasteiger partial charge in [-0.05, 0) is 43.0 Å². The van der Waals surface area contributed by atoms with Crippen molar-refractivity contribution in [3.63, 3.8) is 0 Å². The Bertz CT molecular complexity index is 1670. The predicted octanol–water partition coefficient (Wildman–Crippen LogP) is 6.16. The number of benzene rings is 2. The van der Waals surface area contributed by atoms with Crippen LogP contribution in [0.3, 0.4) is 0 Å². The molecule has 3 amide bonds. The van der Waals surface area contributed by atoms with Gasteiger partial charge in [-0.15, -0.1) is 12.4 Å². The lowest BCUT2D eigenvalue weighted by Crippen LogP contribution is -2.49. The zero-order chi connectivity index (χ0) is 34.1. The summed E-state index contributed by atoms with van der Waals surface area (Å²) in [6.07, 6.45) is 8.02. The van der Waals surface area contributed by atoms with Gasteiger partial charge < -0.3 is 25.4 Å². The number of nitrogens with zero attached hydrogens (tertiary/aromatic N) is 3. The van der Waals surface area contributed by atoms with Gasteiger partial charge >= 0.3 is 6.03 Å². The number of primary amides is 1. The SMILES string of the molecule is CCCCCCN(C(=O)Nc1cc(C(N)=O)c(F)cc1F)C1CCN(Cc2ccc(Oc3ccc(S(C)(=O)=O)cc3OC)nc2)CC1.Cl. The lowest BCUT2D eigenvalue weighted by molar-refractivity contribution is 0.0996. The number of rotatable bonds is 14. The highest BCUT2D eigenvalue weighted by Crippen LogP contribution is 2.33. The number of ether oxygens (including phenoxy) is 2. The summed E-state index contributed by atoms with van der Waals surface area (Å²) >= 11 is 0. The van der Waals surface area contributed by atoms with Crippen LogP contribution in [0.1, 0.15) is 61.4 Å². The lowest BCUT2D eigenvalue weighted by atomic mass is 10.0. The Morgan fingerprint density at radius 3 is 2.38 bits per heavy atom. The fourth-order valence-corrected chi connectivity index (χ4v) is 6.10. The molecule has 1 aromatic heterocycles. The molecule has 0 atom stereocenters. The second kappa shape index (κ2) is 17.4. The summed E-state index contributed by atoms with van der Waals surface area (Å²) in [6, 6.07) is 8.87. The summed E-state index contributed by atoms with van der Waals surface area (Å²) in [5, 5.41) is 2.53. The van der Waals surface area contributed by atoms with E-state index >= 15 is 0 Å². The first-order chi connectivity index (χ1) is 22.4. The molecule has 1 aliphatic heterocycles. The highest BCUT2D eigenvalue weighted by atomic mass is 35.5. The van der Waals surface area contributed by atoms with E-state index < -0.39 is 39.0 Å². The Morgan fingerprint density at radius 1 is 1.04 bits per heavy atom. The quantitative estimate of drug-likeness (QED) is 0.189. The number of piperidine rings is 1. The van der Waals surface area contributed by atoms with E-state index in [4.69, 9.17) is 15.2 Å². The van der Waals surface area contributed by atoms with Crippen molar-refractivity contribution in [1.29, 1.82) is 0 Å². The number of carbonyl (C=O) groups is 2. The molecule has 3 aromatic rings. The van der Waals surface area contributed by atoms with Crippen molar-refractivity contribution in [2.24, 2.45) is 5.73 Å². The number of carbonyl (C=O) groups excluding carboxylic acids is 2. The molecule has 3 N–H and O–H groups in total. The molecule has 15 heteroatoms. The van der Waals surface area contributed by atoms with Crippen LogP contribution in [0.5, 0.6) is 17.4 Å². The maximum atomic E-state index is 14.5. The molecular formula is C33H42ClF2N5O6S. The van der Waals surface area contributed by atoms with E-state index in [1.807, 2.05) is 6.07 Å². The average molecular weight is 710 g/mol. The van der Waals surface area contributed by atoms with Crippen molar-refractivity contribution in [3.8, 4) is 17.4 Å². The highest BCUT2D eigenvalue weighted by molar-refractivity contribution is 7.90. The summed E-state index contributed by atoms with van der Waals surface area (Å²) in [4.78, 5) is 33.5. The number of anilines is 1. The van der Waals surface area contributed by atoms with Gasteiger partial charge in [-0.3, -0.25) is 9.69 Å². The molecule has 0 radical (unpaired) electrons. The van der Waals surface area contributed by atoms with Gasteiger partial charge in [0.2, 0.25) is 5.88 Å². The van der Waals surface area contributed by atoms with E-state index in [-0.39, 0.29) is 34.8 Å². The number of pyridine rings is 1. The number of unbranched alkanes of at least 4 members (excludes halogenated alkanes) is 3. The summed E-state index contributed by atoms with van der Waals surface area (Å²) < 4.78 is 63.4. The largest absolute Gasteiger partial charge is 0.493 e. The number of methoxy groups -OCH3 is 1. The minimum absolute atomic E-state index is 0. The Balaban J connectivity index is 0.00000625. The van der Waals surface area contributed by atoms with Gasteiger partial charge in [0.05, 0.1) is 23.3 Å². The average Bonchev–Trinajstić information content (AvgIpc) is 3.03. The lowest BCUT2D eigenvalue weighted by Gasteiger charge is -2.38. The van der Waals surface area contributed by atoms with Crippen molar-refractivity contribution in [1.82, 2.24) is 14.8 Å². The molecule has 262 valence electrons. The van der Waals surface area contributed by atoms with E-state index in [0.29, 0.717) is 56.7 Å². The fraction of sp³-hybridized carbons (Fsp3) is 0.424. The molecule has 2 heterocycles. The minimum atomic E-state index is -3.40. The van der Waals surface area contributed by atoms with E-state index in [1.165, 1.54) is 25.3 Å². The number of aromatic nitrogens is 1. The van der Waals surface area contributed by atoms with Crippen molar-refractivity contribution < 1.29 is 36.3 Å².